The van der Waals surface area contributed by atoms with Gasteiger partial charge in [0.15, 0.2) is 5.96 Å². The highest BCUT2D eigenvalue weighted by atomic mass is 16.5. The van der Waals surface area contributed by atoms with Gasteiger partial charge in [-0.15, -0.1) is 0 Å². The van der Waals surface area contributed by atoms with E-state index in [0.29, 0.717) is 30.2 Å². The molecule has 0 saturated carbocycles. The van der Waals surface area contributed by atoms with Crippen LogP contribution in [0.1, 0.15) is 24.4 Å². The first-order chi connectivity index (χ1) is 14.5. The zero-order valence-electron chi connectivity index (χ0n) is 18.2. The summed E-state index contributed by atoms with van der Waals surface area (Å²) in [5.74, 6) is 3.02. The predicted molar refractivity (Wildman–Crippen MR) is 121 cm³/mol. The highest BCUT2D eigenvalue weighted by Gasteiger charge is 2.30. The van der Waals surface area contributed by atoms with Gasteiger partial charge in [0, 0.05) is 18.7 Å². The molecule has 162 valence electrons. The average molecular weight is 413 g/mol. The third kappa shape index (κ3) is 5.16. The number of nitrogens with one attached hydrogen (secondary N) is 1. The topological polar surface area (TPSA) is 81.3 Å². The fourth-order valence-electron chi connectivity index (χ4n) is 4.08. The number of nitrogens with zero attached hydrogens (tertiary/aromatic N) is 2. The number of methoxy groups -OCH3 is 3. The van der Waals surface area contributed by atoms with Crippen LogP contribution in [0.3, 0.4) is 0 Å². The van der Waals surface area contributed by atoms with E-state index in [1.807, 2.05) is 30.3 Å². The summed E-state index contributed by atoms with van der Waals surface area (Å²) in [6.45, 7) is 1.72. The first-order valence-electron chi connectivity index (χ1n) is 10.2. The Balaban J connectivity index is 1.73. The number of hydrogen-bond acceptors (Lipinski definition) is 5. The molecule has 1 saturated heterocycles. The lowest BCUT2D eigenvalue weighted by atomic mass is 9.85. The molecule has 0 aliphatic carbocycles. The van der Waals surface area contributed by atoms with Gasteiger partial charge in [-0.2, -0.15) is 0 Å². The molecule has 1 fully saturated rings. The van der Waals surface area contributed by atoms with Crippen molar-refractivity contribution in [3.05, 3.63) is 48.0 Å². The molecule has 0 amide bonds. The molecule has 1 aliphatic rings. The van der Waals surface area contributed by atoms with Crippen LogP contribution in [-0.2, 0) is 0 Å². The van der Waals surface area contributed by atoms with Crippen molar-refractivity contribution >= 4 is 11.6 Å². The Morgan fingerprint density at radius 3 is 2.43 bits per heavy atom. The van der Waals surface area contributed by atoms with Gasteiger partial charge in [-0.1, -0.05) is 12.1 Å². The summed E-state index contributed by atoms with van der Waals surface area (Å²) in [5, 5.41) is 3.15. The summed E-state index contributed by atoms with van der Waals surface area (Å²) in [6.07, 6.45) is 2.26. The predicted octanol–water partition coefficient (Wildman–Crippen LogP) is 3.52. The van der Waals surface area contributed by atoms with Crippen LogP contribution in [0.5, 0.6) is 17.2 Å². The lowest BCUT2D eigenvalue weighted by molar-refractivity contribution is 0.125. The highest BCUT2D eigenvalue weighted by Crippen LogP contribution is 2.36. The normalized spacial score (nSPS) is 19.9. The van der Waals surface area contributed by atoms with Crippen molar-refractivity contribution in [2.45, 2.75) is 18.9 Å². The standard InChI is InChI=1S/C23H32N4O3/c1-27-13-5-6-17(22(27)16-7-9-18(28-2)10-8-16)15-25-23(24)26-20-14-19(29-3)11-12-21(20)30-4/h7-12,14,17,22H,5-6,13,15H2,1-4H3,(H3,24,25,26). The van der Waals surface area contributed by atoms with Crippen LogP contribution in [0, 0.1) is 5.92 Å². The van der Waals surface area contributed by atoms with E-state index < -0.39 is 0 Å². The molecule has 30 heavy (non-hydrogen) atoms. The Bertz CT molecular complexity index is 854. The minimum Gasteiger partial charge on any atom is -0.497 e. The molecular formula is C23H32N4O3. The minimum absolute atomic E-state index is 0.299. The van der Waals surface area contributed by atoms with E-state index in [9.17, 15) is 0 Å². The van der Waals surface area contributed by atoms with Crippen molar-refractivity contribution in [2.75, 3.05) is 46.8 Å². The van der Waals surface area contributed by atoms with Gasteiger partial charge < -0.3 is 25.3 Å². The summed E-state index contributed by atoms with van der Waals surface area (Å²) in [6, 6.07) is 14.1. The quantitative estimate of drug-likeness (QED) is 0.535. The van der Waals surface area contributed by atoms with Crippen molar-refractivity contribution in [3.63, 3.8) is 0 Å². The van der Waals surface area contributed by atoms with Crippen LogP contribution in [0.15, 0.2) is 47.5 Å². The van der Waals surface area contributed by atoms with Gasteiger partial charge in [0.05, 0.1) is 27.0 Å². The lowest BCUT2D eigenvalue weighted by Gasteiger charge is -2.39. The van der Waals surface area contributed by atoms with Crippen molar-refractivity contribution in [3.8, 4) is 17.2 Å². The third-order valence-electron chi connectivity index (χ3n) is 5.63. The van der Waals surface area contributed by atoms with Crippen LogP contribution in [0.2, 0.25) is 0 Å². The number of hydrogen-bond donors (Lipinski definition) is 2. The number of rotatable bonds is 7. The molecule has 2 aromatic rings. The zero-order valence-corrected chi connectivity index (χ0v) is 18.2. The second-order valence-corrected chi connectivity index (χ2v) is 7.52. The number of aliphatic imine (C=N–C) groups is 1. The van der Waals surface area contributed by atoms with Gasteiger partial charge in [0.1, 0.15) is 17.2 Å². The molecule has 0 aromatic heterocycles. The maximum atomic E-state index is 6.21. The van der Waals surface area contributed by atoms with Crippen molar-refractivity contribution in [1.29, 1.82) is 0 Å². The van der Waals surface area contributed by atoms with E-state index in [0.717, 1.165) is 36.6 Å². The molecule has 1 aliphatic heterocycles. The first-order valence-corrected chi connectivity index (χ1v) is 10.2. The first kappa shape index (κ1) is 21.8. The molecule has 2 aromatic carbocycles. The zero-order chi connectivity index (χ0) is 21.5. The van der Waals surface area contributed by atoms with Crippen LogP contribution in [0.25, 0.3) is 0 Å². The summed E-state index contributed by atoms with van der Waals surface area (Å²) in [7, 11) is 7.11. The molecule has 7 nitrogen and oxygen atoms in total. The SMILES string of the molecule is COc1ccc(C2C(CN=C(N)Nc3cc(OC)ccc3OC)CCCN2C)cc1. The number of anilines is 1. The van der Waals surface area contributed by atoms with E-state index in [1.54, 1.807) is 21.3 Å². The van der Waals surface area contributed by atoms with Gasteiger partial charge in [0.25, 0.3) is 0 Å². The Labute approximate surface area is 178 Å². The Hall–Kier alpha value is -2.93. The second kappa shape index (κ2) is 10.2. The van der Waals surface area contributed by atoms with Crippen molar-refractivity contribution < 1.29 is 14.2 Å². The van der Waals surface area contributed by atoms with Crippen LogP contribution in [0.4, 0.5) is 5.69 Å². The smallest absolute Gasteiger partial charge is 0.193 e. The summed E-state index contributed by atoms with van der Waals surface area (Å²) in [4.78, 5) is 7.06. The lowest BCUT2D eigenvalue weighted by Crippen LogP contribution is -2.38. The molecule has 2 unspecified atom stereocenters. The molecule has 7 heteroatoms. The van der Waals surface area contributed by atoms with E-state index in [-0.39, 0.29) is 0 Å². The molecule has 0 spiro atoms. The summed E-state index contributed by atoms with van der Waals surface area (Å²) in [5.41, 5.74) is 8.21. The monoisotopic (exact) mass is 412 g/mol. The Morgan fingerprint density at radius 2 is 1.77 bits per heavy atom. The maximum absolute atomic E-state index is 6.21. The van der Waals surface area contributed by atoms with Crippen LogP contribution in [-0.4, -0.2) is 52.3 Å². The Morgan fingerprint density at radius 1 is 1.07 bits per heavy atom. The molecule has 3 rings (SSSR count). The Kier molecular flexibility index (Phi) is 7.41. The minimum atomic E-state index is 0.299. The fraction of sp³-hybridized carbons (Fsp3) is 0.435. The third-order valence-corrected chi connectivity index (χ3v) is 5.63. The maximum Gasteiger partial charge on any atom is 0.193 e. The molecular weight excluding hydrogens is 380 g/mol. The van der Waals surface area contributed by atoms with Gasteiger partial charge in [0.2, 0.25) is 0 Å². The van der Waals surface area contributed by atoms with Crippen LogP contribution < -0.4 is 25.3 Å². The molecule has 0 bridgehead atoms. The largest absolute Gasteiger partial charge is 0.497 e. The average Bonchev–Trinajstić information content (AvgIpc) is 2.77. The number of benzene rings is 2. The molecule has 0 radical (unpaired) electrons. The van der Waals surface area contributed by atoms with Crippen molar-refractivity contribution in [1.82, 2.24) is 4.90 Å². The van der Waals surface area contributed by atoms with Crippen molar-refractivity contribution in [2.24, 2.45) is 16.6 Å². The van der Waals surface area contributed by atoms with Gasteiger partial charge in [-0.3, -0.25) is 9.89 Å². The molecule has 1 heterocycles. The van der Waals surface area contributed by atoms with E-state index in [1.165, 1.54) is 5.56 Å². The second-order valence-electron chi connectivity index (χ2n) is 7.52. The number of nitrogens with two attached hydrogens (primary N) is 1. The van der Waals surface area contributed by atoms with Gasteiger partial charge >= 0.3 is 0 Å². The summed E-state index contributed by atoms with van der Waals surface area (Å²) >= 11 is 0. The number of ether oxygens (including phenoxy) is 3. The molecule has 2 atom stereocenters. The highest BCUT2D eigenvalue weighted by molar-refractivity contribution is 5.94. The summed E-state index contributed by atoms with van der Waals surface area (Å²) < 4.78 is 16.0. The fourth-order valence-corrected chi connectivity index (χ4v) is 4.08. The number of guanidine groups is 1. The van der Waals surface area contributed by atoms with Gasteiger partial charge in [-0.25, -0.2) is 0 Å². The van der Waals surface area contributed by atoms with E-state index in [2.05, 4.69) is 34.4 Å². The number of piperidine rings is 1. The molecule has 3 N–H and O–H groups in total. The van der Waals surface area contributed by atoms with E-state index in [4.69, 9.17) is 19.9 Å². The van der Waals surface area contributed by atoms with E-state index >= 15 is 0 Å². The van der Waals surface area contributed by atoms with Gasteiger partial charge in [-0.05, 0) is 62.2 Å². The van der Waals surface area contributed by atoms with Crippen LogP contribution >= 0.6 is 0 Å². The number of likely N-dealkylation sites (tertiary alicyclic amines) is 1.